The van der Waals surface area contributed by atoms with E-state index in [4.69, 9.17) is 11.6 Å². The van der Waals surface area contributed by atoms with Crippen molar-refractivity contribution >= 4 is 23.2 Å². The van der Waals surface area contributed by atoms with Crippen molar-refractivity contribution in [1.82, 2.24) is 9.55 Å². The Labute approximate surface area is 118 Å². The van der Waals surface area contributed by atoms with Crippen LogP contribution in [0.2, 0.25) is 5.02 Å². The molecule has 0 atom stereocenters. The summed E-state index contributed by atoms with van der Waals surface area (Å²) >= 11 is 5.91. The van der Waals surface area contributed by atoms with Gasteiger partial charge in [0, 0.05) is 18.9 Å². The number of halogens is 4. The van der Waals surface area contributed by atoms with Crippen molar-refractivity contribution in [3.63, 3.8) is 0 Å². The lowest BCUT2D eigenvalue weighted by molar-refractivity contribution is -0.137. The second-order valence-corrected chi connectivity index (χ2v) is 4.42. The number of rotatable bonds is 4. The first-order valence-corrected chi connectivity index (χ1v) is 6.05. The summed E-state index contributed by atoms with van der Waals surface area (Å²) in [6, 6.07) is 3.09. The Morgan fingerprint density at radius 2 is 2.15 bits per heavy atom. The van der Waals surface area contributed by atoms with Crippen molar-refractivity contribution in [1.29, 1.82) is 0 Å². The van der Waals surface area contributed by atoms with Gasteiger partial charge < -0.3 is 9.88 Å². The van der Waals surface area contributed by atoms with E-state index in [1.54, 1.807) is 16.8 Å². The Morgan fingerprint density at radius 3 is 2.80 bits per heavy atom. The average Bonchev–Trinajstić information content (AvgIpc) is 2.79. The first-order valence-electron chi connectivity index (χ1n) is 5.67. The van der Waals surface area contributed by atoms with Crippen molar-refractivity contribution < 1.29 is 13.2 Å². The second-order valence-electron chi connectivity index (χ2n) is 4.01. The maximum atomic E-state index is 12.7. The Hall–Kier alpha value is -1.95. The molecule has 3 nitrogen and oxygen atoms in total. The van der Waals surface area contributed by atoms with Crippen LogP contribution in [0, 0.1) is 0 Å². The molecule has 2 rings (SSSR count). The standard InChI is InChI=1S/C13H11ClF3N3/c1-2-6-20-7-5-18-12(20)19-11-8-9(13(15,16)17)3-4-10(11)14/h2-5,7-8H,1,6H2,(H,18,19). The summed E-state index contributed by atoms with van der Waals surface area (Å²) in [7, 11) is 0. The highest BCUT2D eigenvalue weighted by molar-refractivity contribution is 6.33. The summed E-state index contributed by atoms with van der Waals surface area (Å²) in [6.07, 6.45) is 0.455. The SMILES string of the molecule is C=CCn1ccnc1Nc1cc(C(F)(F)F)ccc1Cl. The van der Waals surface area contributed by atoms with Gasteiger partial charge in [-0.3, -0.25) is 0 Å². The van der Waals surface area contributed by atoms with Gasteiger partial charge >= 0.3 is 6.18 Å². The minimum absolute atomic E-state index is 0.151. The largest absolute Gasteiger partial charge is 0.416 e. The van der Waals surface area contributed by atoms with E-state index in [2.05, 4.69) is 16.9 Å². The Bertz CT molecular complexity index is 620. The third-order valence-corrected chi connectivity index (χ3v) is 2.91. The highest BCUT2D eigenvalue weighted by atomic mass is 35.5. The maximum Gasteiger partial charge on any atom is 0.416 e. The molecule has 0 aliphatic carbocycles. The number of alkyl halides is 3. The van der Waals surface area contributed by atoms with E-state index in [9.17, 15) is 13.2 Å². The molecule has 0 aliphatic heterocycles. The zero-order chi connectivity index (χ0) is 14.8. The number of benzene rings is 1. The summed E-state index contributed by atoms with van der Waals surface area (Å²) in [4.78, 5) is 4.03. The molecule has 0 fully saturated rings. The molecule has 0 aliphatic rings. The molecule has 20 heavy (non-hydrogen) atoms. The second kappa shape index (κ2) is 5.58. The third kappa shape index (κ3) is 3.14. The molecule has 0 spiro atoms. The Morgan fingerprint density at radius 1 is 1.40 bits per heavy atom. The van der Waals surface area contributed by atoms with Crippen LogP contribution in [-0.4, -0.2) is 9.55 Å². The van der Waals surface area contributed by atoms with Gasteiger partial charge in [0.15, 0.2) is 0 Å². The maximum absolute atomic E-state index is 12.7. The van der Waals surface area contributed by atoms with Crippen molar-refractivity contribution in [2.75, 3.05) is 5.32 Å². The van der Waals surface area contributed by atoms with Crippen molar-refractivity contribution in [3.8, 4) is 0 Å². The number of imidazole rings is 1. The van der Waals surface area contributed by atoms with Crippen LogP contribution < -0.4 is 5.32 Å². The summed E-state index contributed by atoms with van der Waals surface area (Å²) in [5, 5.41) is 2.98. The van der Waals surface area contributed by atoms with Crippen molar-refractivity contribution in [2.45, 2.75) is 12.7 Å². The number of hydrogen-bond acceptors (Lipinski definition) is 2. The zero-order valence-corrected chi connectivity index (χ0v) is 11.0. The van der Waals surface area contributed by atoms with Crippen molar-refractivity contribution in [2.24, 2.45) is 0 Å². The zero-order valence-electron chi connectivity index (χ0n) is 10.3. The summed E-state index contributed by atoms with van der Waals surface area (Å²) in [5.74, 6) is 0.395. The first-order chi connectivity index (χ1) is 9.41. The van der Waals surface area contributed by atoms with E-state index in [0.717, 1.165) is 12.1 Å². The summed E-state index contributed by atoms with van der Waals surface area (Å²) in [5.41, 5.74) is -0.621. The van der Waals surface area contributed by atoms with E-state index in [0.29, 0.717) is 12.5 Å². The summed E-state index contributed by atoms with van der Waals surface area (Å²) < 4.78 is 39.7. The molecular formula is C13H11ClF3N3. The number of nitrogens with one attached hydrogen (secondary N) is 1. The molecule has 0 saturated heterocycles. The van der Waals surface area contributed by atoms with Crippen LogP contribution in [0.4, 0.5) is 24.8 Å². The van der Waals surface area contributed by atoms with Crippen LogP contribution in [0.1, 0.15) is 5.56 Å². The monoisotopic (exact) mass is 301 g/mol. The van der Waals surface area contributed by atoms with Gasteiger partial charge in [-0.15, -0.1) is 6.58 Å². The van der Waals surface area contributed by atoms with Gasteiger partial charge in [0.25, 0.3) is 0 Å². The predicted octanol–water partition coefficient (Wildman–Crippen LogP) is 4.48. The van der Waals surface area contributed by atoms with Gasteiger partial charge in [0.05, 0.1) is 16.3 Å². The van der Waals surface area contributed by atoms with Gasteiger partial charge in [-0.05, 0) is 18.2 Å². The van der Waals surface area contributed by atoms with E-state index in [-0.39, 0.29) is 10.7 Å². The predicted molar refractivity (Wildman–Crippen MR) is 72.2 cm³/mol. The lowest BCUT2D eigenvalue weighted by Gasteiger charge is -2.12. The fraction of sp³-hybridized carbons (Fsp3) is 0.154. The van der Waals surface area contributed by atoms with Crippen LogP contribution >= 0.6 is 11.6 Å². The van der Waals surface area contributed by atoms with Crippen LogP contribution in [-0.2, 0) is 12.7 Å². The third-order valence-electron chi connectivity index (χ3n) is 2.58. The summed E-state index contributed by atoms with van der Waals surface area (Å²) in [6.45, 7) is 4.08. The minimum Gasteiger partial charge on any atom is -0.324 e. The van der Waals surface area contributed by atoms with Crippen LogP contribution in [0.15, 0.2) is 43.2 Å². The van der Waals surface area contributed by atoms with Gasteiger partial charge in [0.1, 0.15) is 0 Å². The van der Waals surface area contributed by atoms with Gasteiger partial charge in [0.2, 0.25) is 5.95 Å². The van der Waals surface area contributed by atoms with Gasteiger partial charge in [-0.1, -0.05) is 17.7 Å². The lowest BCUT2D eigenvalue weighted by Crippen LogP contribution is -2.07. The molecule has 0 radical (unpaired) electrons. The van der Waals surface area contributed by atoms with Crippen LogP contribution in [0.3, 0.4) is 0 Å². The molecule has 1 heterocycles. The van der Waals surface area contributed by atoms with E-state index in [1.807, 2.05) is 0 Å². The Balaban J connectivity index is 2.33. The van der Waals surface area contributed by atoms with E-state index in [1.165, 1.54) is 12.3 Å². The minimum atomic E-state index is -4.42. The lowest BCUT2D eigenvalue weighted by atomic mass is 10.2. The quantitative estimate of drug-likeness (QED) is 0.844. The number of allylic oxidation sites excluding steroid dienone is 1. The van der Waals surface area contributed by atoms with Gasteiger partial charge in [-0.25, -0.2) is 4.98 Å². The molecule has 106 valence electrons. The molecule has 0 bridgehead atoms. The van der Waals surface area contributed by atoms with E-state index < -0.39 is 11.7 Å². The van der Waals surface area contributed by atoms with Gasteiger partial charge in [-0.2, -0.15) is 13.2 Å². The molecule has 1 aromatic heterocycles. The molecule has 0 amide bonds. The van der Waals surface area contributed by atoms with Crippen LogP contribution in [0.25, 0.3) is 0 Å². The topological polar surface area (TPSA) is 29.9 Å². The highest BCUT2D eigenvalue weighted by Gasteiger charge is 2.31. The number of nitrogens with zero attached hydrogens (tertiary/aromatic N) is 2. The smallest absolute Gasteiger partial charge is 0.324 e. The number of aromatic nitrogens is 2. The van der Waals surface area contributed by atoms with Crippen molar-refractivity contribution in [3.05, 3.63) is 53.8 Å². The Kier molecular flexibility index (Phi) is 4.04. The van der Waals surface area contributed by atoms with E-state index >= 15 is 0 Å². The molecule has 7 heteroatoms. The van der Waals surface area contributed by atoms with Crippen LogP contribution in [0.5, 0.6) is 0 Å². The molecule has 0 unspecified atom stereocenters. The average molecular weight is 302 g/mol. The highest BCUT2D eigenvalue weighted by Crippen LogP contribution is 2.34. The normalized spacial score (nSPS) is 11.4. The first kappa shape index (κ1) is 14.5. The molecule has 0 saturated carbocycles. The fourth-order valence-corrected chi connectivity index (χ4v) is 1.80. The fourth-order valence-electron chi connectivity index (χ4n) is 1.64. The number of hydrogen-bond donors (Lipinski definition) is 1. The molecule has 1 aromatic carbocycles. The molecule has 1 N–H and O–H groups in total. The number of anilines is 2. The molecular weight excluding hydrogens is 291 g/mol. The molecule has 2 aromatic rings.